The van der Waals surface area contributed by atoms with Gasteiger partial charge in [0.25, 0.3) is 0 Å². The average molecular weight is 284 g/mol. The zero-order valence-corrected chi connectivity index (χ0v) is 11.5. The van der Waals surface area contributed by atoms with Gasteiger partial charge in [-0.15, -0.1) is 0 Å². The third-order valence-electron chi connectivity index (χ3n) is 3.24. The maximum atomic E-state index is 13.3. The van der Waals surface area contributed by atoms with Crippen LogP contribution in [0.2, 0.25) is 0 Å². The van der Waals surface area contributed by atoms with Gasteiger partial charge in [-0.1, -0.05) is 6.07 Å². The molecule has 1 aliphatic heterocycles. The minimum Gasteiger partial charge on any atom is -0.377 e. The molecular weight excluding hydrogens is 266 g/mol. The standard InChI is InChI=1S/C14H18F2N2O2/c1-3-20-9(2)8-18-13(19)7-17-14(18)10-4-5-11(15)12(16)6-10/h4-6,9,14,17H,3,7-8H2,1-2H3. The first-order chi connectivity index (χ1) is 9.52. The van der Waals surface area contributed by atoms with Gasteiger partial charge in [0.05, 0.1) is 12.6 Å². The summed E-state index contributed by atoms with van der Waals surface area (Å²) in [6, 6.07) is 3.66. The molecule has 0 spiro atoms. The van der Waals surface area contributed by atoms with Crippen molar-refractivity contribution in [3.05, 3.63) is 35.4 Å². The van der Waals surface area contributed by atoms with Gasteiger partial charge in [-0.25, -0.2) is 8.78 Å². The largest absolute Gasteiger partial charge is 0.377 e. The van der Waals surface area contributed by atoms with E-state index in [9.17, 15) is 13.6 Å². The normalized spacial score (nSPS) is 20.5. The first-order valence-electron chi connectivity index (χ1n) is 6.62. The molecule has 2 unspecified atom stereocenters. The quantitative estimate of drug-likeness (QED) is 0.896. The van der Waals surface area contributed by atoms with E-state index in [1.807, 2.05) is 13.8 Å². The first kappa shape index (κ1) is 14.9. The van der Waals surface area contributed by atoms with Gasteiger partial charge in [-0.3, -0.25) is 10.1 Å². The van der Waals surface area contributed by atoms with Crippen molar-refractivity contribution in [2.75, 3.05) is 19.7 Å². The number of rotatable bonds is 5. The monoisotopic (exact) mass is 284 g/mol. The van der Waals surface area contributed by atoms with Crippen molar-refractivity contribution in [2.45, 2.75) is 26.1 Å². The van der Waals surface area contributed by atoms with E-state index in [0.717, 1.165) is 12.1 Å². The van der Waals surface area contributed by atoms with Crippen molar-refractivity contribution < 1.29 is 18.3 Å². The van der Waals surface area contributed by atoms with E-state index in [-0.39, 0.29) is 18.6 Å². The Morgan fingerprint density at radius 2 is 2.20 bits per heavy atom. The van der Waals surface area contributed by atoms with Crippen LogP contribution in [-0.4, -0.2) is 36.6 Å². The van der Waals surface area contributed by atoms with Gasteiger partial charge in [0.15, 0.2) is 11.6 Å². The molecule has 1 aromatic rings. The maximum Gasteiger partial charge on any atom is 0.238 e. The number of hydrogen-bond donors (Lipinski definition) is 1. The molecule has 6 heteroatoms. The predicted molar refractivity (Wildman–Crippen MR) is 69.9 cm³/mol. The summed E-state index contributed by atoms with van der Waals surface area (Å²) in [5, 5.41) is 3.00. The summed E-state index contributed by atoms with van der Waals surface area (Å²) in [6.07, 6.45) is -0.558. The van der Waals surface area contributed by atoms with Crippen molar-refractivity contribution >= 4 is 5.91 Å². The number of ether oxygens (including phenoxy) is 1. The Bertz CT molecular complexity index is 496. The third kappa shape index (κ3) is 3.13. The van der Waals surface area contributed by atoms with Gasteiger partial charge in [-0.2, -0.15) is 0 Å². The molecule has 4 nitrogen and oxygen atoms in total. The van der Waals surface area contributed by atoms with Crippen LogP contribution in [0.25, 0.3) is 0 Å². The molecule has 20 heavy (non-hydrogen) atoms. The van der Waals surface area contributed by atoms with Gasteiger partial charge < -0.3 is 9.64 Å². The van der Waals surface area contributed by atoms with Crippen LogP contribution in [0.1, 0.15) is 25.6 Å². The average Bonchev–Trinajstić information content (AvgIpc) is 2.75. The van der Waals surface area contributed by atoms with Crippen LogP contribution in [0.5, 0.6) is 0 Å². The number of benzene rings is 1. The number of nitrogens with zero attached hydrogens (tertiary/aromatic N) is 1. The summed E-state index contributed by atoms with van der Waals surface area (Å²) >= 11 is 0. The fourth-order valence-electron chi connectivity index (χ4n) is 2.34. The molecule has 0 saturated carbocycles. The highest BCUT2D eigenvalue weighted by Gasteiger charge is 2.32. The van der Waals surface area contributed by atoms with E-state index in [1.54, 1.807) is 4.90 Å². The fraction of sp³-hybridized carbons (Fsp3) is 0.500. The number of nitrogens with one attached hydrogen (secondary N) is 1. The lowest BCUT2D eigenvalue weighted by atomic mass is 10.1. The number of amides is 1. The van der Waals surface area contributed by atoms with Crippen LogP contribution in [0.15, 0.2) is 18.2 Å². The molecule has 0 aromatic heterocycles. The van der Waals surface area contributed by atoms with Gasteiger partial charge in [0, 0.05) is 13.2 Å². The lowest BCUT2D eigenvalue weighted by Crippen LogP contribution is -2.37. The van der Waals surface area contributed by atoms with Crippen LogP contribution in [0.3, 0.4) is 0 Å². The highest BCUT2D eigenvalue weighted by atomic mass is 19.2. The van der Waals surface area contributed by atoms with E-state index in [2.05, 4.69) is 5.32 Å². The molecule has 1 N–H and O–H groups in total. The molecule has 1 amide bonds. The molecule has 1 fully saturated rings. The van der Waals surface area contributed by atoms with Crippen molar-refractivity contribution in [3.63, 3.8) is 0 Å². The Hall–Kier alpha value is -1.53. The van der Waals surface area contributed by atoms with E-state index in [0.29, 0.717) is 18.7 Å². The topological polar surface area (TPSA) is 41.6 Å². The summed E-state index contributed by atoms with van der Waals surface area (Å²) in [7, 11) is 0. The SMILES string of the molecule is CCOC(C)CN1C(=O)CNC1c1ccc(F)c(F)c1. The molecule has 0 radical (unpaired) electrons. The summed E-state index contributed by atoms with van der Waals surface area (Å²) in [4.78, 5) is 13.5. The van der Waals surface area contributed by atoms with Crippen LogP contribution in [-0.2, 0) is 9.53 Å². The van der Waals surface area contributed by atoms with Crippen molar-refractivity contribution in [1.82, 2.24) is 10.2 Å². The number of halogens is 2. The van der Waals surface area contributed by atoms with Crippen molar-refractivity contribution in [1.29, 1.82) is 0 Å². The molecule has 1 aromatic carbocycles. The van der Waals surface area contributed by atoms with Crippen LogP contribution >= 0.6 is 0 Å². The zero-order valence-electron chi connectivity index (χ0n) is 11.5. The smallest absolute Gasteiger partial charge is 0.238 e. The first-order valence-corrected chi connectivity index (χ1v) is 6.62. The van der Waals surface area contributed by atoms with Crippen LogP contribution < -0.4 is 5.32 Å². The number of hydrogen-bond acceptors (Lipinski definition) is 3. The number of carbonyl (C=O) groups excluding carboxylic acids is 1. The van der Waals surface area contributed by atoms with E-state index in [4.69, 9.17) is 4.74 Å². The highest BCUT2D eigenvalue weighted by Crippen LogP contribution is 2.24. The van der Waals surface area contributed by atoms with Crippen LogP contribution in [0, 0.1) is 11.6 Å². The Labute approximate surface area is 116 Å². The van der Waals surface area contributed by atoms with E-state index < -0.39 is 17.8 Å². The maximum absolute atomic E-state index is 13.3. The molecule has 1 heterocycles. The second kappa shape index (κ2) is 6.28. The van der Waals surface area contributed by atoms with Gasteiger partial charge >= 0.3 is 0 Å². The van der Waals surface area contributed by atoms with Gasteiger partial charge in [0.1, 0.15) is 6.17 Å². The van der Waals surface area contributed by atoms with Crippen LogP contribution in [0.4, 0.5) is 8.78 Å². The van der Waals surface area contributed by atoms with E-state index >= 15 is 0 Å². The minimum atomic E-state index is -0.915. The molecule has 0 aliphatic carbocycles. The molecule has 1 saturated heterocycles. The molecule has 2 atom stereocenters. The number of carbonyl (C=O) groups is 1. The third-order valence-corrected chi connectivity index (χ3v) is 3.24. The predicted octanol–water partition coefficient (Wildman–Crippen LogP) is 1.82. The minimum absolute atomic E-state index is 0.0775. The molecular formula is C14H18F2N2O2. The van der Waals surface area contributed by atoms with Gasteiger partial charge in [0.2, 0.25) is 5.91 Å². The van der Waals surface area contributed by atoms with Gasteiger partial charge in [-0.05, 0) is 31.5 Å². The zero-order chi connectivity index (χ0) is 14.7. The van der Waals surface area contributed by atoms with Crippen molar-refractivity contribution in [3.8, 4) is 0 Å². The molecule has 0 bridgehead atoms. The summed E-state index contributed by atoms with van der Waals surface area (Å²) < 4.78 is 31.7. The summed E-state index contributed by atoms with van der Waals surface area (Å²) in [6.45, 7) is 4.91. The lowest BCUT2D eigenvalue weighted by Gasteiger charge is -2.27. The molecule has 2 rings (SSSR count). The second-order valence-corrected chi connectivity index (χ2v) is 4.77. The van der Waals surface area contributed by atoms with Crippen molar-refractivity contribution in [2.24, 2.45) is 0 Å². The Balaban J connectivity index is 2.16. The Morgan fingerprint density at radius 3 is 2.85 bits per heavy atom. The summed E-state index contributed by atoms with van der Waals surface area (Å²) in [5.74, 6) is -1.89. The Kier molecular flexibility index (Phi) is 4.67. The lowest BCUT2D eigenvalue weighted by molar-refractivity contribution is -0.129. The van der Waals surface area contributed by atoms with E-state index in [1.165, 1.54) is 6.07 Å². The highest BCUT2D eigenvalue weighted by molar-refractivity contribution is 5.81. The Morgan fingerprint density at radius 1 is 1.45 bits per heavy atom. The molecule has 110 valence electrons. The fourth-order valence-corrected chi connectivity index (χ4v) is 2.34. The second-order valence-electron chi connectivity index (χ2n) is 4.77. The summed E-state index contributed by atoms with van der Waals surface area (Å²) in [5.41, 5.74) is 0.526. The molecule has 1 aliphatic rings.